The van der Waals surface area contributed by atoms with E-state index >= 15 is 0 Å². The highest BCUT2D eigenvalue weighted by Gasteiger charge is 2.34. The summed E-state index contributed by atoms with van der Waals surface area (Å²) in [5, 5.41) is -0.359. The number of hydrogen-bond donors (Lipinski definition) is 0. The summed E-state index contributed by atoms with van der Waals surface area (Å²) in [5.41, 5.74) is 0.721. The first kappa shape index (κ1) is 20.7. The lowest BCUT2D eigenvalue weighted by Crippen LogP contribution is -2.32. The third-order valence-corrected chi connectivity index (χ3v) is 4.96. The van der Waals surface area contributed by atoms with E-state index in [1.807, 2.05) is 6.92 Å². The second-order valence-electron chi connectivity index (χ2n) is 5.98. The molecule has 3 rings (SSSR count). The smallest absolute Gasteiger partial charge is 0.293 e. The summed E-state index contributed by atoms with van der Waals surface area (Å²) in [6, 6.07) is 10.8. The maximum Gasteiger partial charge on any atom is 0.293 e. The van der Waals surface area contributed by atoms with Crippen LogP contribution in [0.3, 0.4) is 0 Å². The Hall–Kier alpha value is -3.00. The predicted octanol–water partition coefficient (Wildman–Crippen LogP) is 4.35. The van der Waals surface area contributed by atoms with Gasteiger partial charge in [0.1, 0.15) is 18.2 Å². The van der Waals surface area contributed by atoms with Crippen molar-refractivity contribution in [2.45, 2.75) is 6.92 Å². The van der Waals surface area contributed by atoms with Gasteiger partial charge in [-0.05, 0) is 66.7 Å². The monoisotopic (exact) mass is 417 g/mol. The molecule has 0 radical (unpaired) electrons. The molecule has 2 amide bonds. The van der Waals surface area contributed by atoms with Gasteiger partial charge < -0.3 is 14.2 Å². The van der Waals surface area contributed by atoms with Crippen LogP contribution in [0.4, 0.5) is 9.18 Å². The number of imide groups is 1. The normalized spacial score (nSPS) is 15.1. The van der Waals surface area contributed by atoms with Gasteiger partial charge in [-0.2, -0.15) is 0 Å². The van der Waals surface area contributed by atoms with Crippen LogP contribution < -0.4 is 14.2 Å². The zero-order chi connectivity index (χ0) is 20.8. The molecule has 1 aliphatic heterocycles. The van der Waals surface area contributed by atoms with E-state index in [2.05, 4.69) is 0 Å². The summed E-state index contributed by atoms with van der Waals surface area (Å²) in [6.07, 6.45) is 1.64. The molecule has 1 aliphatic rings. The Bertz CT molecular complexity index is 929. The average Bonchev–Trinajstić information content (AvgIpc) is 2.98. The number of thioether (sulfide) groups is 1. The molecular formula is C21H20FNO5S. The average molecular weight is 417 g/mol. The molecular weight excluding hydrogens is 397 g/mol. The van der Waals surface area contributed by atoms with E-state index in [0.717, 1.165) is 22.2 Å². The molecule has 1 fully saturated rings. The van der Waals surface area contributed by atoms with Crippen molar-refractivity contribution in [3.8, 4) is 17.2 Å². The van der Waals surface area contributed by atoms with E-state index in [9.17, 15) is 14.0 Å². The number of nitrogens with zero attached hydrogens (tertiary/aromatic N) is 1. The van der Waals surface area contributed by atoms with Crippen molar-refractivity contribution in [3.63, 3.8) is 0 Å². The highest BCUT2D eigenvalue weighted by molar-refractivity contribution is 8.18. The van der Waals surface area contributed by atoms with Gasteiger partial charge in [0, 0.05) is 0 Å². The van der Waals surface area contributed by atoms with Crippen molar-refractivity contribution < 1.29 is 28.2 Å². The van der Waals surface area contributed by atoms with Crippen molar-refractivity contribution in [2.24, 2.45) is 0 Å². The lowest BCUT2D eigenvalue weighted by atomic mass is 10.2. The fourth-order valence-corrected chi connectivity index (χ4v) is 3.54. The predicted molar refractivity (Wildman–Crippen MR) is 109 cm³/mol. The van der Waals surface area contributed by atoms with Crippen LogP contribution in [0.1, 0.15) is 12.5 Å². The first-order valence-electron chi connectivity index (χ1n) is 8.96. The molecule has 0 unspecified atom stereocenters. The zero-order valence-electron chi connectivity index (χ0n) is 16.0. The minimum absolute atomic E-state index is 0.103. The maximum atomic E-state index is 12.9. The number of methoxy groups -OCH3 is 1. The summed E-state index contributed by atoms with van der Waals surface area (Å²) < 4.78 is 29.2. The van der Waals surface area contributed by atoms with Gasteiger partial charge in [-0.15, -0.1) is 0 Å². The van der Waals surface area contributed by atoms with Gasteiger partial charge in [0.05, 0.1) is 25.2 Å². The SMILES string of the molecule is CCOc1ccc(/C=C2\SC(=O)N(CCOc3ccc(F)cc3)C2=O)cc1OC. The summed E-state index contributed by atoms with van der Waals surface area (Å²) in [5.74, 6) is 0.885. The van der Waals surface area contributed by atoms with Crippen LogP contribution in [0.25, 0.3) is 6.08 Å². The van der Waals surface area contributed by atoms with Gasteiger partial charge >= 0.3 is 0 Å². The van der Waals surface area contributed by atoms with Gasteiger partial charge in [0.15, 0.2) is 11.5 Å². The van der Waals surface area contributed by atoms with Gasteiger partial charge in [0.25, 0.3) is 11.1 Å². The number of carbonyl (C=O) groups is 2. The number of carbonyl (C=O) groups excluding carboxylic acids is 2. The van der Waals surface area contributed by atoms with Crippen molar-refractivity contribution in [3.05, 3.63) is 58.8 Å². The lowest BCUT2D eigenvalue weighted by molar-refractivity contribution is -0.123. The Labute approximate surface area is 172 Å². The van der Waals surface area contributed by atoms with E-state index in [-0.39, 0.29) is 30.1 Å². The molecule has 152 valence electrons. The molecule has 1 heterocycles. The van der Waals surface area contributed by atoms with E-state index < -0.39 is 0 Å². The van der Waals surface area contributed by atoms with Gasteiger partial charge in [-0.25, -0.2) is 4.39 Å². The molecule has 1 saturated heterocycles. The van der Waals surface area contributed by atoms with Crippen molar-refractivity contribution in [2.75, 3.05) is 26.9 Å². The summed E-state index contributed by atoms with van der Waals surface area (Å²) in [7, 11) is 1.54. The third-order valence-electron chi connectivity index (χ3n) is 4.06. The Morgan fingerprint density at radius 3 is 2.52 bits per heavy atom. The number of amides is 2. The molecule has 0 aromatic heterocycles. The quantitative estimate of drug-likeness (QED) is 0.595. The van der Waals surface area contributed by atoms with E-state index in [1.165, 1.54) is 31.4 Å². The molecule has 0 spiro atoms. The Balaban J connectivity index is 1.65. The van der Waals surface area contributed by atoms with E-state index in [0.29, 0.717) is 28.8 Å². The Morgan fingerprint density at radius 2 is 1.83 bits per heavy atom. The Kier molecular flexibility index (Phi) is 6.77. The summed E-state index contributed by atoms with van der Waals surface area (Å²) in [4.78, 5) is 26.3. The topological polar surface area (TPSA) is 65.1 Å². The highest BCUT2D eigenvalue weighted by atomic mass is 32.2. The van der Waals surface area contributed by atoms with E-state index in [1.54, 1.807) is 24.3 Å². The number of halogens is 1. The fraction of sp³-hybridized carbons (Fsp3) is 0.238. The van der Waals surface area contributed by atoms with E-state index in [4.69, 9.17) is 14.2 Å². The molecule has 0 aliphatic carbocycles. The van der Waals surface area contributed by atoms with Crippen LogP contribution in [-0.2, 0) is 4.79 Å². The third kappa shape index (κ3) is 5.08. The number of hydrogen-bond acceptors (Lipinski definition) is 6. The number of ether oxygens (including phenoxy) is 3. The van der Waals surface area contributed by atoms with Crippen LogP contribution >= 0.6 is 11.8 Å². The standard InChI is InChI=1S/C21H20FNO5S/c1-3-27-17-9-4-14(12-18(17)26-2)13-19-20(24)23(21(25)29-19)10-11-28-16-7-5-15(22)6-8-16/h4-9,12-13H,3,10-11H2,1-2H3/b19-13-. The number of benzene rings is 2. The zero-order valence-corrected chi connectivity index (χ0v) is 16.8. The molecule has 0 bridgehead atoms. The molecule has 8 heteroatoms. The van der Waals surface area contributed by atoms with Gasteiger partial charge in [0.2, 0.25) is 0 Å². The van der Waals surface area contributed by atoms with Crippen molar-refractivity contribution in [1.29, 1.82) is 0 Å². The largest absolute Gasteiger partial charge is 0.493 e. The summed E-state index contributed by atoms with van der Waals surface area (Å²) >= 11 is 0.874. The van der Waals surface area contributed by atoms with Gasteiger partial charge in [-0.3, -0.25) is 14.5 Å². The molecule has 29 heavy (non-hydrogen) atoms. The number of rotatable bonds is 8. The first-order valence-corrected chi connectivity index (χ1v) is 9.78. The molecule has 2 aromatic rings. The molecule has 2 aromatic carbocycles. The van der Waals surface area contributed by atoms with Gasteiger partial charge in [-0.1, -0.05) is 6.07 Å². The van der Waals surface area contributed by atoms with Crippen molar-refractivity contribution in [1.82, 2.24) is 4.90 Å². The van der Waals surface area contributed by atoms with Crippen LogP contribution in [0.2, 0.25) is 0 Å². The van der Waals surface area contributed by atoms with Crippen LogP contribution in [-0.4, -0.2) is 42.9 Å². The first-order chi connectivity index (χ1) is 14.0. The summed E-state index contributed by atoms with van der Waals surface area (Å²) in [6.45, 7) is 2.61. The lowest BCUT2D eigenvalue weighted by Gasteiger charge is -2.13. The molecule has 6 nitrogen and oxygen atoms in total. The minimum Gasteiger partial charge on any atom is -0.493 e. The second-order valence-corrected chi connectivity index (χ2v) is 6.97. The van der Waals surface area contributed by atoms with Crippen LogP contribution in [0, 0.1) is 5.82 Å². The van der Waals surface area contributed by atoms with Crippen molar-refractivity contribution >= 4 is 29.0 Å². The highest BCUT2D eigenvalue weighted by Crippen LogP contribution is 2.34. The fourth-order valence-electron chi connectivity index (χ4n) is 2.68. The maximum absolute atomic E-state index is 12.9. The molecule has 0 N–H and O–H groups in total. The van der Waals surface area contributed by atoms with Crippen LogP contribution in [0.5, 0.6) is 17.2 Å². The second kappa shape index (κ2) is 9.47. The Morgan fingerprint density at radius 1 is 1.07 bits per heavy atom. The minimum atomic E-state index is -0.379. The molecule has 0 atom stereocenters. The molecule has 0 saturated carbocycles. The van der Waals surface area contributed by atoms with Crippen LogP contribution in [0.15, 0.2) is 47.4 Å².